The van der Waals surface area contributed by atoms with Gasteiger partial charge in [0.05, 0.1) is 20.2 Å². The molecule has 88 valence electrons. The van der Waals surface area contributed by atoms with Crippen LogP contribution in [0.3, 0.4) is 0 Å². The van der Waals surface area contributed by atoms with E-state index in [0.29, 0.717) is 13.1 Å². The van der Waals surface area contributed by atoms with Gasteiger partial charge in [-0.3, -0.25) is 4.90 Å². The molecular formula is C9H17NO5. The van der Waals surface area contributed by atoms with Crippen LogP contribution in [0.2, 0.25) is 0 Å². The van der Waals surface area contributed by atoms with Crippen molar-refractivity contribution in [3.63, 3.8) is 0 Å². The maximum absolute atomic E-state index is 10.9. The molecule has 0 aliphatic carbocycles. The molecule has 0 saturated carbocycles. The van der Waals surface area contributed by atoms with E-state index in [1.165, 1.54) is 7.11 Å². The van der Waals surface area contributed by atoms with Crippen LogP contribution in [-0.2, 0) is 19.0 Å². The van der Waals surface area contributed by atoms with E-state index in [-0.39, 0.29) is 6.54 Å². The van der Waals surface area contributed by atoms with Crippen LogP contribution in [0.5, 0.6) is 0 Å². The molecule has 1 rings (SSSR count). The normalized spacial score (nSPS) is 21.9. The number of rotatable bonds is 5. The fraction of sp³-hybridized carbons (Fsp3) is 0.889. The SMILES string of the molecule is COC(=O)C(O)CN1CC(OC)(OC)C1. The minimum Gasteiger partial charge on any atom is -0.467 e. The summed E-state index contributed by atoms with van der Waals surface area (Å²) in [6.45, 7) is 1.31. The molecule has 1 atom stereocenters. The van der Waals surface area contributed by atoms with Gasteiger partial charge in [-0.25, -0.2) is 4.79 Å². The van der Waals surface area contributed by atoms with Gasteiger partial charge in [-0.05, 0) is 0 Å². The summed E-state index contributed by atoms with van der Waals surface area (Å²) < 4.78 is 14.7. The number of ether oxygens (including phenoxy) is 3. The lowest BCUT2D eigenvalue weighted by Gasteiger charge is -2.47. The first kappa shape index (κ1) is 12.4. The zero-order valence-electron chi connectivity index (χ0n) is 9.23. The van der Waals surface area contributed by atoms with Crippen LogP contribution in [0.15, 0.2) is 0 Å². The van der Waals surface area contributed by atoms with E-state index in [9.17, 15) is 9.90 Å². The lowest BCUT2D eigenvalue weighted by atomic mass is 10.1. The van der Waals surface area contributed by atoms with Crippen molar-refractivity contribution in [1.82, 2.24) is 4.90 Å². The Balaban J connectivity index is 2.31. The molecule has 0 bridgehead atoms. The van der Waals surface area contributed by atoms with Gasteiger partial charge in [0.1, 0.15) is 0 Å². The summed E-state index contributed by atoms with van der Waals surface area (Å²) in [6, 6.07) is 0. The molecule has 1 unspecified atom stereocenters. The smallest absolute Gasteiger partial charge is 0.336 e. The molecule has 15 heavy (non-hydrogen) atoms. The summed E-state index contributed by atoms with van der Waals surface area (Å²) in [7, 11) is 4.38. The average molecular weight is 219 g/mol. The van der Waals surface area contributed by atoms with Crippen LogP contribution in [0.4, 0.5) is 0 Å². The number of esters is 1. The van der Waals surface area contributed by atoms with E-state index < -0.39 is 17.9 Å². The van der Waals surface area contributed by atoms with Gasteiger partial charge in [-0.2, -0.15) is 0 Å². The predicted molar refractivity (Wildman–Crippen MR) is 51.2 cm³/mol. The summed E-state index contributed by atoms with van der Waals surface area (Å²) in [5.41, 5.74) is 0. The van der Waals surface area contributed by atoms with Crippen molar-refractivity contribution in [3.8, 4) is 0 Å². The Kier molecular flexibility index (Phi) is 4.04. The fourth-order valence-electron chi connectivity index (χ4n) is 1.56. The van der Waals surface area contributed by atoms with Gasteiger partial charge in [0.2, 0.25) is 0 Å². The molecule has 1 fully saturated rings. The molecule has 0 radical (unpaired) electrons. The third kappa shape index (κ3) is 2.66. The highest BCUT2D eigenvalue weighted by Gasteiger charge is 2.44. The van der Waals surface area contributed by atoms with Gasteiger partial charge < -0.3 is 19.3 Å². The fourth-order valence-corrected chi connectivity index (χ4v) is 1.56. The zero-order chi connectivity index (χ0) is 11.5. The van der Waals surface area contributed by atoms with Crippen LogP contribution < -0.4 is 0 Å². The lowest BCUT2D eigenvalue weighted by Crippen LogP contribution is -2.65. The molecule has 0 aromatic rings. The minimum absolute atomic E-state index is 0.237. The third-order valence-electron chi connectivity index (χ3n) is 2.58. The van der Waals surface area contributed by atoms with Crippen molar-refractivity contribution in [3.05, 3.63) is 0 Å². The number of carbonyl (C=O) groups excluding carboxylic acids is 1. The number of nitrogens with zero attached hydrogens (tertiary/aromatic N) is 1. The van der Waals surface area contributed by atoms with Crippen LogP contribution in [0.25, 0.3) is 0 Å². The van der Waals surface area contributed by atoms with Gasteiger partial charge in [-0.1, -0.05) is 0 Å². The van der Waals surface area contributed by atoms with Crippen molar-refractivity contribution in [2.75, 3.05) is 41.0 Å². The molecule has 1 heterocycles. The van der Waals surface area contributed by atoms with Crippen LogP contribution in [0, 0.1) is 0 Å². The van der Waals surface area contributed by atoms with Crippen LogP contribution in [-0.4, -0.2) is 68.8 Å². The quantitative estimate of drug-likeness (QED) is 0.464. The molecule has 1 saturated heterocycles. The highest BCUT2D eigenvalue weighted by molar-refractivity contribution is 5.74. The predicted octanol–water partition coefficient (Wildman–Crippen LogP) is -1.17. The van der Waals surface area contributed by atoms with Crippen molar-refractivity contribution in [2.24, 2.45) is 0 Å². The second-order valence-electron chi connectivity index (χ2n) is 3.53. The van der Waals surface area contributed by atoms with Gasteiger partial charge in [0, 0.05) is 20.8 Å². The van der Waals surface area contributed by atoms with E-state index >= 15 is 0 Å². The number of carbonyl (C=O) groups is 1. The molecule has 1 aliphatic heterocycles. The molecule has 0 aromatic carbocycles. The molecule has 1 aliphatic rings. The summed E-state index contributed by atoms with van der Waals surface area (Å²) >= 11 is 0. The molecule has 6 heteroatoms. The molecular weight excluding hydrogens is 202 g/mol. The molecule has 0 spiro atoms. The van der Waals surface area contributed by atoms with Crippen molar-refractivity contribution in [1.29, 1.82) is 0 Å². The Morgan fingerprint density at radius 1 is 1.40 bits per heavy atom. The molecule has 6 nitrogen and oxygen atoms in total. The van der Waals surface area contributed by atoms with E-state index in [2.05, 4.69) is 4.74 Å². The Hall–Kier alpha value is -0.690. The van der Waals surface area contributed by atoms with Gasteiger partial charge in [0.15, 0.2) is 11.9 Å². The maximum atomic E-state index is 10.9. The number of hydrogen-bond acceptors (Lipinski definition) is 6. The molecule has 0 aromatic heterocycles. The second kappa shape index (κ2) is 4.89. The summed E-state index contributed by atoms with van der Waals surface area (Å²) in [5, 5.41) is 9.37. The first-order valence-corrected chi connectivity index (χ1v) is 4.65. The topological polar surface area (TPSA) is 68.2 Å². The average Bonchev–Trinajstić information content (AvgIpc) is 2.21. The molecule has 0 amide bonds. The third-order valence-corrected chi connectivity index (χ3v) is 2.58. The monoisotopic (exact) mass is 219 g/mol. The van der Waals surface area contributed by atoms with E-state index in [1.54, 1.807) is 14.2 Å². The Morgan fingerprint density at radius 2 is 1.93 bits per heavy atom. The highest BCUT2D eigenvalue weighted by atomic mass is 16.7. The number of likely N-dealkylation sites (tertiary alicyclic amines) is 1. The van der Waals surface area contributed by atoms with Crippen molar-refractivity contribution >= 4 is 5.97 Å². The lowest BCUT2D eigenvalue weighted by molar-refractivity contribution is -0.277. The minimum atomic E-state index is -1.11. The Morgan fingerprint density at radius 3 is 2.33 bits per heavy atom. The molecule has 1 N–H and O–H groups in total. The number of β-amino-alcohol motifs (C(OH)–C–C–N with tert-alkyl or cyclic N) is 1. The van der Waals surface area contributed by atoms with Gasteiger partial charge in [0.25, 0.3) is 0 Å². The summed E-state index contributed by atoms with van der Waals surface area (Å²) in [5.74, 6) is -1.21. The van der Waals surface area contributed by atoms with E-state index in [4.69, 9.17) is 9.47 Å². The first-order chi connectivity index (χ1) is 7.06. The number of aliphatic hydroxyl groups is 1. The van der Waals surface area contributed by atoms with Crippen LogP contribution >= 0.6 is 0 Å². The second-order valence-corrected chi connectivity index (χ2v) is 3.53. The first-order valence-electron chi connectivity index (χ1n) is 4.65. The largest absolute Gasteiger partial charge is 0.467 e. The van der Waals surface area contributed by atoms with E-state index in [0.717, 1.165) is 0 Å². The maximum Gasteiger partial charge on any atom is 0.336 e. The standard InChI is InChI=1S/C9H17NO5/c1-13-8(12)7(11)4-10-5-9(6-10,14-2)15-3/h7,11H,4-6H2,1-3H3. The summed E-state index contributed by atoms with van der Waals surface area (Å²) in [4.78, 5) is 12.8. The van der Waals surface area contributed by atoms with Gasteiger partial charge >= 0.3 is 5.97 Å². The Labute approximate surface area is 88.7 Å². The summed E-state index contributed by atoms with van der Waals surface area (Å²) in [6.07, 6.45) is -1.11. The zero-order valence-corrected chi connectivity index (χ0v) is 9.23. The van der Waals surface area contributed by atoms with E-state index in [1.807, 2.05) is 4.90 Å². The number of aliphatic hydroxyl groups excluding tert-OH is 1. The van der Waals surface area contributed by atoms with Crippen molar-refractivity contribution < 1.29 is 24.1 Å². The number of methoxy groups -OCH3 is 3. The van der Waals surface area contributed by atoms with Crippen LogP contribution in [0.1, 0.15) is 0 Å². The van der Waals surface area contributed by atoms with Gasteiger partial charge in [-0.15, -0.1) is 0 Å². The highest BCUT2D eigenvalue weighted by Crippen LogP contribution is 2.24. The van der Waals surface area contributed by atoms with Crippen molar-refractivity contribution in [2.45, 2.75) is 11.9 Å². The number of hydrogen-bond donors (Lipinski definition) is 1. The Bertz CT molecular complexity index is 221.